The summed E-state index contributed by atoms with van der Waals surface area (Å²) in [6.07, 6.45) is 0.743. The average molecular weight is 493 g/mol. The summed E-state index contributed by atoms with van der Waals surface area (Å²) < 4.78 is 3.34. The number of nitrogens with one attached hydrogen (secondary N) is 2. The molecule has 9 nitrogen and oxygen atoms in total. The molecule has 4 rings (SSSR count). The van der Waals surface area contributed by atoms with Crippen LogP contribution in [0.1, 0.15) is 43.1 Å². The lowest BCUT2D eigenvalue weighted by Crippen LogP contribution is -2.30. The molecule has 0 saturated heterocycles. The number of carbonyl (C=O) groups is 2. The zero-order valence-corrected chi connectivity index (χ0v) is 20.8. The van der Waals surface area contributed by atoms with Crippen molar-refractivity contribution in [3.63, 3.8) is 0 Å². The van der Waals surface area contributed by atoms with Crippen molar-refractivity contribution in [1.82, 2.24) is 29.8 Å². The third-order valence-corrected chi connectivity index (χ3v) is 6.29. The number of fused-ring (bicyclic) bond motifs is 3. The van der Waals surface area contributed by atoms with E-state index in [1.54, 1.807) is 27.2 Å². The standard InChI is InChI=1S/C25H28N6O3S/c1-4-12-30-23(34)19-11-10-18(22(33)27-16(2)3)13-20(19)31-24(30)28-29-25(31)35-15-21(32)26-14-17-8-6-5-7-9-17/h5-11,13,16H,4,12,14-15H2,1-3H3,(H,26,32)(H,27,33). The fourth-order valence-electron chi connectivity index (χ4n) is 3.76. The molecule has 0 aliphatic carbocycles. The van der Waals surface area contributed by atoms with Crippen molar-refractivity contribution in [2.45, 2.75) is 51.5 Å². The Balaban J connectivity index is 1.68. The number of aryl methyl sites for hydroxylation is 1. The molecule has 2 aromatic carbocycles. The third kappa shape index (κ3) is 5.37. The van der Waals surface area contributed by atoms with Crippen molar-refractivity contribution >= 4 is 40.3 Å². The molecule has 0 unspecified atom stereocenters. The van der Waals surface area contributed by atoms with Gasteiger partial charge in [-0.15, -0.1) is 10.2 Å². The molecule has 2 N–H and O–H groups in total. The second-order valence-corrected chi connectivity index (χ2v) is 9.43. The maximum absolute atomic E-state index is 13.2. The Hall–Kier alpha value is -3.66. The fraction of sp³-hybridized carbons (Fsp3) is 0.320. The van der Waals surface area contributed by atoms with Crippen LogP contribution < -0.4 is 16.2 Å². The number of nitrogens with zero attached hydrogens (tertiary/aromatic N) is 4. The van der Waals surface area contributed by atoms with Gasteiger partial charge in [-0.2, -0.15) is 0 Å². The minimum absolute atomic E-state index is 0.0220. The number of amides is 2. The number of aromatic nitrogens is 4. The van der Waals surface area contributed by atoms with Crippen LogP contribution in [0.15, 0.2) is 58.5 Å². The molecule has 0 fully saturated rings. The van der Waals surface area contributed by atoms with Crippen molar-refractivity contribution in [3.05, 3.63) is 70.0 Å². The molecule has 0 atom stereocenters. The Morgan fingerprint density at radius 1 is 1.09 bits per heavy atom. The molecule has 4 aromatic rings. The highest BCUT2D eigenvalue weighted by molar-refractivity contribution is 7.99. The Bertz CT molecular complexity index is 1430. The first-order valence-corrected chi connectivity index (χ1v) is 12.5. The van der Waals surface area contributed by atoms with Gasteiger partial charge in [0.1, 0.15) is 0 Å². The van der Waals surface area contributed by atoms with Crippen LogP contribution in [0.3, 0.4) is 0 Å². The van der Waals surface area contributed by atoms with E-state index in [1.807, 2.05) is 51.1 Å². The first kappa shape index (κ1) is 24.5. The molecule has 182 valence electrons. The lowest BCUT2D eigenvalue weighted by atomic mass is 10.1. The maximum atomic E-state index is 13.2. The summed E-state index contributed by atoms with van der Waals surface area (Å²) >= 11 is 1.23. The number of hydrogen-bond acceptors (Lipinski definition) is 6. The molecule has 0 radical (unpaired) electrons. The van der Waals surface area contributed by atoms with Gasteiger partial charge in [-0.3, -0.25) is 23.4 Å². The fourth-order valence-corrected chi connectivity index (χ4v) is 4.53. The van der Waals surface area contributed by atoms with Crippen molar-refractivity contribution < 1.29 is 9.59 Å². The number of benzene rings is 2. The van der Waals surface area contributed by atoms with Crippen LogP contribution in [0.5, 0.6) is 0 Å². The highest BCUT2D eigenvalue weighted by atomic mass is 32.2. The lowest BCUT2D eigenvalue weighted by Gasteiger charge is -2.13. The van der Waals surface area contributed by atoms with Crippen molar-refractivity contribution in [2.24, 2.45) is 0 Å². The van der Waals surface area contributed by atoms with Crippen molar-refractivity contribution in [2.75, 3.05) is 5.75 Å². The zero-order chi connectivity index (χ0) is 24.9. The van der Waals surface area contributed by atoms with Gasteiger partial charge in [-0.25, -0.2) is 0 Å². The molecule has 2 amide bonds. The predicted molar refractivity (Wildman–Crippen MR) is 137 cm³/mol. The van der Waals surface area contributed by atoms with Gasteiger partial charge in [0, 0.05) is 24.7 Å². The largest absolute Gasteiger partial charge is 0.351 e. The zero-order valence-electron chi connectivity index (χ0n) is 19.9. The average Bonchev–Trinajstić information content (AvgIpc) is 3.28. The monoisotopic (exact) mass is 492 g/mol. The van der Waals surface area contributed by atoms with Gasteiger partial charge in [-0.05, 0) is 44.0 Å². The topological polar surface area (TPSA) is 110 Å². The molecule has 0 aliphatic rings. The maximum Gasteiger partial charge on any atom is 0.262 e. The smallest absolute Gasteiger partial charge is 0.262 e. The molecule has 0 saturated carbocycles. The summed E-state index contributed by atoms with van der Waals surface area (Å²) in [4.78, 5) is 38.3. The SMILES string of the molecule is CCCn1c(=O)c2ccc(C(=O)NC(C)C)cc2n2c(SCC(=O)NCc3ccccc3)nnc12. The van der Waals surface area contributed by atoms with Gasteiger partial charge in [-0.1, -0.05) is 49.0 Å². The summed E-state index contributed by atoms with van der Waals surface area (Å²) in [6.45, 7) is 6.67. The Morgan fingerprint density at radius 3 is 2.57 bits per heavy atom. The van der Waals surface area contributed by atoms with Crippen LogP contribution in [0.4, 0.5) is 0 Å². The van der Waals surface area contributed by atoms with E-state index in [0.717, 1.165) is 12.0 Å². The quantitative estimate of drug-likeness (QED) is 0.348. The molecular weight excluding hydrogens is 464 g/mol. The Labute approximate surface area is 206 Å². The van der Waals surface area contributed by atoms with Gasteiger partial charge in [0.25, 0.3) is 11.5 Å². The van der Waals surface area contributed by atoms with E-state index in [9.17, 15) is 14.4 Å². The number of thioether (sulfide) groups is 1. The molecule has 0 spiro atoms. The van der Waals surface area contributed by atoms with E-state index in [0.29, 0.717) is 40.5 Å². The van der Waals surface area contributed by atoms with Gasteiger partial charge in [0.2, 0.25) is 11.7 Å². The van der Waals surface area contributed by atoms with Gasteiger partial charge in [0.15, 0.2) is 5.16 Å². The number of carbonyl (C=O) groups excluding carboxylic acids is 2. The highest BCUT2D eigenvalue weighted by Gasteiger charge is 2.19. The van der Waals surface area contributed by atoms with Crippen LogP contribution >= 0.6 is 11.8 Å². The van der Waals surface area contributed by atoms with Gasteiger partial charge >= 0.3 is 0 Å². The Kier molecular flexibility index (Phi) is 7.50. The second kappa shape index (κ2) is 10.7. The lowest BCUT2D eigenvalue weighted by molar-refractivity contribution is -0.118. The third-order valence-electron chi connectivity index (χ3n) is 5.37. The van der Waals surface area contributed by atoms with Crippen molar-refractivity contribution in [3.8, 4) is 0 Å². The Morgan fingerprint density at radius 2 is 1.86 bits per heavy atom. The molecule has 10 heteroatoms. The normalized spacial score (nSPS) is 11.3. The van der Waals surface area contributed by atoms with E-state index in [1.165, 1.54) is 11.8 Å². The summed E-state index contributed by atoms with van der Waals surface area (Å²) in [5.74, 6) is 0.155. The summed E-state index contributed by atoms with van der Waals surface area (Å²) in [6, 6.07) is 14.7. The van der Waals surface area contributed by atoms with E-state index in [4.69, 9.17) is 0 Å². The van der Waals surface area contributed by atoms with Crippen LogP contribution in [0, 0.1) is 0 Å². The summed E-state index contributed by atoms with van der Waals surface area (Å²) in [5.41, 5.74) is 1.80. The predicted octanol–water partition coefficient (Wildman–Crippen LogP) is 3.00. The van der Waals surface area contributed by atoms with E-state index in [2.05, 4.69) is 20.8 Å². The number of hydrogen-bond donors (Lipinski definition) is 2. The minimum atomic E-state index is -0.227. The molecule has 35 heavy (non-hydrogen) atoms. The van der Waals surface area contributed by atoms with E-state index >= 15 is 0 Å². The van der Waals surface area contributed by atoms with Crippen LogP contribution in [-0.2, 0) is 17.9 Å². The molecule has 2 aromatic heterocycles. The van der Waals surface area contributed by atoms with E-state index in [-0.39, 0.29) is 29.2 Å². The summed E-state index contributed by atoms with van der Waals surface area (Å²) in [5, 5.41) is 15.3. The number of rotatable bonds is 9. The molecule has 2 heterocycles. The van der Waals surface area contributed by atoms with Crippen molar-refractivity contribution in [1.29, 1.82) is 0 Å². The van der Waals surface area contributed by atoms with Gasteiger partial charge in [0.05, 0.1) is 16.7 Å². The first-order valence-electron chi connectivity index (χ1n) is 11.5. The second-order valence-electron chi connectivity index (χ2n) is 8.49. The summed E-state index contributed by atoms with van der Waals surface area (Å²) in [7, 11) is 0. The van der Waals surface area contributed by atoms with Gasteiger partial charge < -0.3 is 10.6 Å². The van der Waals surface area contributed by atoms with Crippen LogP contribution in [0.25, 0.3) is 16.7 Å². The molecule has 0 aliphatic heterocycles. The minimum Gasteiger partial charge on any atom is -0.351 e. The first-order chi connectivity index (χ1) is 16.9. The van der Waals surface area contributed by atoms with Crippen LogP contribution in [-0.4, -0.2) is 42.8 Å². The molecule has 0 bridgehead atoms. The van der Waals surface area contributed by atoms with E-state index < -0.39 is 0 Å². The highest BCUT2D eigenvalue weighted by Crippen LogP contribution is 2.23. The van der Waals surface area contributed by atoms with Crippen LogP contribution in [0.2, 0.25) is 0 Å². The molecular formula is C25H28N6O3S.